The second kappa shape index (κ2) is 6.69. The van der Waals surface area contributed by atoms with E-state index in [2.05, 4.69) is 22.9 Å². The number of nitrogens with zero attached hydrogens (tertiary/aromatic N) is 2. The number of pyridine rings is 1. The van der Waals surface area contributed by atoms with Gasteiger partial charge in [0.2, 0.25) is 0 Å². The minimum absolute atomic E-state index is 0.337. The maximum absolute atomic E-state index is 10.8. The molecule has 23 heavy (non-hydrogen) atoms. The number of hydrogen-bond donors (Lipinski definition) is 1. The Kier molecular flexibility index (Phi) is 4.64. The van der Waals surface area contributed by atoms with Gasteiger partial charge in [-0.2, -0.15) is 0 Å². The van der Waals surface area contributed by atoms with Gasteiger partial charge in [-0.1, -0.05) is 18.2 Å². The second-order valence-electron chi connectivity index (χ2n) is 6.54. The average Bonchev–Trinajstić information content (AvgIpc) is 2.90. The van der Waals surface area contributed by atoms with Crippen LogP contribution < -0.4 is 4.74 Å². The number of hydrogen-bond acceptors (Lipinski definition) is 4. The second-order valence-corrected chi connectivity index (χ2v) is 6.54. The van der Waals surface area contributed by atoms with E-state index in [0.717, 1.165) is 30.8 Å². The third-order valence-corrected chi connectivity index (χ3v) is 4.53. The molecule has 2 heterocycles. The van der Waals surface area contributed by atoms with E-state index in [1.807, 2.05) is 43.6 Å². The van der Waals surface area contributed by atoms with Crippen LogP contribution in [0.25, 0.3) is 0 Å². The van der Waals surface area contributed by atoms with Gasteiger partial charge in [-0.3, -0.25) is 9.88 Å². The molecule has 0 bridgehead atoms. The normalized spacial score (nSPS) is 21.5. The van der Waals surface area contributed by atoms with Crippen molar-refractivity contribution in [1.82, 2.24) is 9.88 Å². The van der Waals surface area contributed by atoms with Crippen LogP contribution in [-0.2, 0) is 6.54 Å². The van der Waals surface area contributed by atoms with Gasteiger partial charge in [0.05, 0.1) is 0 Å². The van der Waals surface area contributed by atoms with Gasteiger partial charge in [-0.15, -0.1) is 0 Å². The lowest BCUT2D eigenvalue weighted by Crippen LogP contribution is -2.39. The van der Waals surface area contributed by atoms with Crippen LogP contribution in [0.1, 0.15) is 23.1 Å². The number of aliphatic hydroxyl groups is 1. The highest BCUT2D eigenvalue weighted by Gasteiger charge is 2.37. The number of aryl methyl sites for hydroxylation is 2. The van der Waals surface area contributed by atoms with E-state index in [9.17, 15) is 5.11 Å². The highest BCUT2D eigenvalue weighted by Crippen LogP contribution is 2.26. The minimum Gasteiger partial charge on any atom is -0.490 e. The molecule has 4 nitrogen and oxygen atoms in total. The summed E-state index contributed by atoms with van der Waals surface area (Å²) in [5.74, 6) is 0.851. The van der Waals surface area contributed by atoms with Gasteiger partial charge in [0, 0.05) is 32.0 Å². The lowest BCUT2D eigenvalue weighted by molar-refractivity contribution is 0.00318. The molecule has 0 saturated carbocycles. The minimum atomic E-state index is -0.775. The first-order valence-electron chi connectivity index (χ1n) is 8.08. The summed E-state index contributed by atoms with van der Waals surface area (Å²) in [5.41, 5.74) is 2.78. The maximum Gasteiger partial charge on any atom is 0.122 e. The first-order chi connectivity index (χ1) is 11.1. The van der Waals surface area contributed by atoms with Crippen LogP contribution in [0.3, 0.4) is 0 Å². The Bertz CT molecular complexity index is 674. The quantitative estimate of drug-likeness (QED) is 0.922. The molecule has 0 aliphatic carbocycles. The monoisotopic (exact) mass is 312 g/mol. The molecule has 122 valence electrons. The average molecular weight is 312 g/mol. The summed E-state index contributed by atoms with van der Waals surface area (Å²) in [5, 5.41) is 10.8. The fourth-order valence-electron chi connectivity index (χ4n) is 3.04. The fraction of sp³-hybridized carbons (Fsp3) is 0.421. The summed E-state index contributed by atoms with van der Waals surface area (Å²) < 4.78 is 5.86. The molecule has 2 aromatic rings. The van der Waals surface area contributed by atoms with Crippen molar-refractivity contribution >= 4 is 0 Å². The first-order valence-corrected chi connectivity index (χ1v) is 8.08. The van der Waals surface area contributed by atoms with Crippen molar-refractivity contribution in [3.8, 4) is 5.75 Å². The summed E-state index contributed by atoms with van der Waals surface area (Å²) in [7, 11) is 0. The number of para-hydroxylation sites is 1. The molecule has 1 aromatic carbocycles. The van der Waals surface area contributed by atoms with Crippen LogP contribution in [0, 0.1) is 13.8 Å². The van der Waals surface area contributed by atoms with Gasteiger partial charge >= 0.3 is 0 Å². The van der Waals surface area contributed by atoms with E-state index >= 15 is 0 Å². The van der Waals surface area contributed by atoms with Crippen LogP contribution in [0.4, 0.5) is 0 Å². The van der Waals surface area contributed by atoms with Crippen LogP contribution >= 0.6 is 0 Å². The standard InChI is InChI=1S/C19H24N2O2/c1-15-5-3-4-6-18(15)23-14-19(22)8-10-21(13-19)12-17-7-9-20-11-16(17)2/h3-7,9,11,22H,8,10,12-14H2,1-2H3. The molecule has 4 heteroatoms. The van der Waals surface area contributed by atoms with Crippen molar-refractivity contribution in [3.63, 3.8) is 0 Å². The van der Waals surface area contributed by atoms with E-state index in [1.165, 1.54) is 11.1 Å². The van der Waals surface area contributed by atoms with E-state index in [0.29, 0.717) is 13.2 Å². The molecule has 1 aliphatic heterocycles. The Balaban J connectivity index is 1.58. The number of β-amino-alcohol motifs (C(OH)–C–C–N with tert-alkyl or cyclic N) is 1. The molecule has 1 saturated heterocycles. The largest absolute Gasteiger partial charge is 0.490 e. The van der Waals surface area contributed by atoms with Crippen molar-refractivity contribution in [2.45, 2.75) is 32.4 Å². The molecule has 1 atom stereocenters. The lowest BCUT2D eigenvalue weighted by atomic mass is 10.1. The van der Waals surface area contributed by atoms with Crippen LogP contribution in [0.5, 0.6) is 5.75 Å². The Hall–Kier alpha value is -1.91. The zero-order valence-corrected chi connectivity index (χ0v) is 13.8. The van der Waals surface area contributed by atoms with E-state index in [4.69, 9.17) is 4.74 Å². The zero-order chi connectivity index (χ0) is 16.3. The van der Waals surface area contributed by atoms with Gasteiger partial charge in [-0.25, -0.2) is 0 Å². The summed E-state index contributed by atoms with van der Waals surface area (Å²) in [6.07, 6.45) is 4.45. The number of rotatable bonds is 5. The van der Waals surface area contributed by atoms with E-state index in [1.54, 1.807) is 0 Å². The van der Waals surface area contributed by atoms with Crippen molar-refractivity contribution in [2.75, 3.05) is 19.7 Å². The van der Waals surface area contributed by atoms with Crippen molar-refractivity contribution in [2.24, 2.45) is 0 Å². The predicted molar refractivity (Wildman–Crippen MR) is 90.5 cm³/mol. The molecule has 1 unspecified atom stereocenters. The molecule has 1 fully saturated rings. The summed E-state index contributed by atoms with van der Waals surface area (Å²) in [6, 6.07) is 9.97. The van der Waals surface area contributed by atoms with Gasteiger partial charge < -0.3 is 9.84 Å². The third-order valence-electron chi connectivity index (χ3n) is 4.53. The van der Waals surface area contributed by atoms with Gasteiger partial charge in [0.1, 0.15) is 18.0 Å². The van der Waals surface area contributed by atoms with Crippen LogP contribution in [-0.4, -0.2) is 40.3 Å². The topological polar surface area (TPSA) is 45.6 Å². The molecule has 0 amide bonds. The first kappa shape index (κ1) is 16.0. The fourth-order valence-corrected chi connectivity index (χ4v) is 3.04. The van der Waals surface area contributed by atoms with Gasteiger partial charge in [0.25, 0.3) is 0 Å². The van der Waals surface area contributed by atoms with Gasteiger partial charge in [0.15, 0.2) is 0 Å². The highest BCUT2D eigenvalue weighted by atomic mass is 16.5. The summed E-state index contributed by atoms with van der Waals surface area (Å²) >= 11 is 0. The molecule has 0 radical (unpaired) electrons. The predicted octanol–water partition coefficient (Wildman–Crippen LogP) is 2.71. The van der Waals surface area contributed by atoms with Crippen molar-refractivity contribution < 1.29 is 9.84 Å². The van der Waals surface area contributed by atoms with Crippen LogP contribution in [0.15, 0.2) is 42.7 Å². The van der Waals surface area contributed by atoms with E-state index < -0.39 is 5.60 Å². The Morgan fingerprint density at radius 2 is 2.04 bits per heavy atom. The number of benzene rings is 1. The molecule has 1 N–H and O–H groups in total. The molecule has 3 rings (SSSR count). The van der Waals surface area contributed by atoms with Gasteiger partial charge in [-0.05, 0) is 49.1 Å². The molecule has 0 spiro atoms. The maximum atomic E-state index is 10.8. The Labute approximate surface area is 137 Å². The lowest BCUT2D eigenvalue weighted by Gasteiger charge is -2.24. The van der Waals surface area contributed by atoms with Crippen LogP contribution in [0.2, 0.25) is 0 Å². The molecule has 1 aliphatic rings. The summed E-state index contributed by atoms with van der Waals surface area (Å²) in [6.45, 7) is 6.80. The molecular formula is C19H24N2O2. The summed E-state index contributed by atoms with van der Waals surface area (Å²) in [4.78, 5) is 6.41. The zero-order valence-electron chi connectivity index (χ0n) is 13.8. The Morgan fingerprint density at radius 1 is 1.22 bits per heavy atom. The van der Waals surface area contributed by atoms with Crippen molar-refractivity contribution in [1.29, 1.82) is 0 Å². The van der Waals surface area contributed by atoms with Crippen molar-refractivity contribution in [3.05, 3.63) is 59.4 Å². The smallest absolute Gasteiger partial charge is 0.122 e. The number of aromatic nitrogens is 1. The Morgan fingerprint density at radius 3 is 2.83 bits per heavy atom. The highest BCUT2D eigenvalue weighted by molar-refractivity contribution is 5.31. The SMILES string of the molecule is Cc1cnccc1CN1CCC(O)(COc2ccccc2C)C1. The third kappa shape index (κ3) is 3.89. The molecule has 1 aromatic heterocycles. The molecular weight excluding hydrogens is 288 g/mol. The number of likely N-dealkylation sites (tertiary alicyclic amines) is 1. The van der Waals surface area contributed by atoms with E-state index in [-0.39, 0.29) is 0 Å². The number of ether oxygens (including phenoxy) is 1.